The Morgan fingerprint density at radius 1 is 1.21 bits per heavy atom. The van der Waals surface area contributed by atoms with Crippen molar-refractivity contribution in [2.75, 3.05) is 20.7 Å². The minimum Gasteiger partial charge on any atom is -0.497 e. The standard InChI is InChI=1S/C19H23N3O2/c1-22(14-9-15-7-12-20-13-8-15)18(23)21-19(10-11-19)16-3-5-17(24-2)6-4-16/h3-8,12-13H,9-11,14H2,1-2H3,(H,21,23). The van der Waals surface area contributed by atoms with E-state index in [2.05, 4.69) is 10.3 Å². The molecule has 0 radical (unpaired) electrons. The van der Waals surface area contributed by atoms with Crippen molar-refractivity contribution in [1.82, 2.24) is 15.2 Å². The van der Waals surface area contributed by atoms with Gasteiger partial charge in [-0.25, -0.2) is 4.79 Å². The fourth-order valence-corrected chi connectivity index (χ4v) is 2.77. The van der Waals surface area contributed by atoms with E-state index in [9.17, 15) is 4.79 Å². The number of amides is 2. The van der Waals surface area contributed by atoms with Gasteiger partial charge in [0.05, 0.1) is 12.6 Å². The first kappa shape index (κ1) is 16.3. The summed E-state index contributed by atoms with van der Waals surface area (Å²) in [6.07, 6.45) is 6.32. The van der Waals surface area contributed by atoms with E-state index in [1.807, 2.05) is 43.4 Å². The van der Waals surface area contributed by atoms with Crippen LogP contribution in [0.2, 0.25) is 0 Å². The Bertz CT molecular complexity index is 682. The van der Waals surface area contributed by atoms with Crippen molar-refractivity contribution >= 4 is 6.03 Å². The molecule has 1 aliphatic carbocycles. The van der Waals surface area contributed by atoms with Crippen molar-refractivity contribution in [3.05, 3.63) is 59.9 Å². The summed E-state index contributed by atoms with van der Waals surface area (Å²) in [5, 5.41) is 3.19. The molecule has 0 saturated heterocycles. The quantitative estimate of drug-likeness (QED) is 0.888. The molecule has 3 rings (SSSR count). The zero-order chi connectivity index (χ0) is 17.0. The average molecular weight is 325 g/mol. The molecule has 0 bridgehead atoms. The minimum atomic E-state index is -0.214. The van der Waals surface area contributed by atoms with E-state index >= 15 is 0 Å². The molecule has 1 heterocycles. The molecule has 0 aliphatic heterocycles. The van der Waals surface area contributed by atoms with Gasteiger partial charge in [-0.2, -0.15) is 0 Å². The van der Waals surface area contributed by atoms with Gasteiger partial charge in [-0.3, -0.25) is 4.98 Å². The van der Waals surface area contributed by atoms with Crippen LogP contribution >= 0.6 is 0 Å². The molecule has 1 fully saturated rings. The zero-order valence-corrected chi connectivity index (χ0v) is 14.2. The van der Waals surface area contributed by atoms with Crippen LogP contribution in [0.25, 0.3) is 0 Å². The molecule has 5 heteroatoms. The number of hydrogen-bond acceptors (Lipinski definition) is 3. The van der Waals surface area contributed by atoms with E-state index in [0.717, 1.165) is 30.6 Å². The van der Waals surface area contributed by atoms with Gasteiger partial charge in [0.15, 0.2) is 0 Å². The monoisotopic (exact) mass is 325 g/mol. The van der Waals surface area contributed by atoms with Gasteiger partial charge >= 0.3 is 6.03 Å². The molecule has 0 atom stereocenters. The van der Waals surface area contributed by atoms with Crippen molar-refractivity contribution in [1.29, 1.82) is 0 Å². The molecule has 2 amide bonds. The van der Waals surface area contributed by atoms with E-state index < -0.39 is 0 Å². The fraction of sp³-hybridized carbons (Fsp3) is 0.368. The Labute approximate surface area is 142 Å². The number of rotatable bonds is 6. The number of ether oxygens (including phenoxy) is 1. The number of urea groups is 1. The maximum Gasteiger partial charge on any atom is 0.317 e. The largest absolute Gasteiger partial charge is 0.497 e. The summed E-state index contributed by atoms with van der Waals surface area (Å²) >= 11 is 0. The normalized spacial score (nSPS) is 14.8. The molecule has 126 valence electrons. The molecule has 0 spiro atoms. The van der Waals surface area contributed by atoms with Crippen LogP contribution in [-0.4, -0.2) is 36.6 Å². The average Bonchev–Trinajstić information content (AvgIpc) is 3.41. The first-order valence-electron chi connectivity index (χ1n) is 8.20. The number of carbonyl (C=O) groups excluding carboxylic acids is 1. The fourth-order valence-electron chi connectivity index (χ4n) is 2.77. The highest BCUT2D eigenvalue weighted by Gasteiger charge is 2.46. The maximum absolute atomic E-state index is 12.5. The lowest BCUT2D eigenvalue weighted by Gasteiger charge is -2.24. The van der Waals surface area contributed by atoms with Crippen molar-refractivity contribution in [2.45, 2.75) is 24.8 Å². The molecular weight excluding hydrogens is 302 g/mol. The van der Waals surface area contributed by atoms with Gasteiger partial charge < -0.3 is 15.0 Å². The van der Waals surface area contributed by atoms with Crippen molar-refractivity contribution in [2.24, 2.45) is 0 Å². The summed E-state index contributed by atoms with van der Waals surface area (Å²) in [6.45, 7) is 0.675. The van der Waals surface area contributed by atoms with Crippen LogP contribution < -0.4 is 10.1 Å². The predicted molar refractivity (Wildman–Crippen MR) is 93.0 cm³/mol. The van der Waals surface area contributed by atoms with Crippen LogP contribution in [0.4, 0.5) is 4.79 Å². The number of pyridine rings is 1. The third kappa shape index (κ3) is 3.67. The molecule has 5 nitrogen and oxygen atoms in total. The van der Waals surface area contributed by atoms with Gasteiger partial charge in [-0.05, 0) is 54.7 Å². The Morgan fingerprint density at radius 2 is 1.88 bits per heavy atom. The van der Waals surface area contributed by atoms with E-state index in [0.29, 0.717) is 6.54 Å². The summed E-state index contributed by atoms with van der Waals surface area (Å²) in [5.74, 6) is 0.829. The predicted octanol–water partition coefficient (Wildman–Crippen LogP) is 2.96. The van der Waals surface area contributed by atoms with Crippen LogP contribution in [0.15, 0.2) is 48.8 Å². The summed E-state index contributed by atoms with van der Waals surface area (Å²) in [7, 11) is 3.49. The summed E-state index contributed by atoms with van der Waals surface area (Å²) in [6, 6.07) is 11.9. The highest BCUT2D eigenvalue weighted by atomic mass is 16.5. The molecule has 0 unspecified atom stereocenters. The van der Waals surface area contributed by atoms with E-state index in [1.54, 1.807) is 24.4 Å². The number of methoxy groups -OCH3 is 1. The van der Waals surface area contributed by atoms with E-state index in [-0.39, 0.29) is 11.6 Å². The number of aromatic nitrogens is 1. The number of nitrogens with one attached hydrogen (secondary N) is 1. The van der Waals surface area contributed by atoms with Crippen LogP contribution in [0, 0.1) is 0 Å². The van der Waals surface area contributed by atoms with Crippen LogP contribution in [0.1, 0.15) is 24.0 Å². The van der Waals surface area contributed by atoms with Gasteiger partial charge in [-0.1, -0.05) is 12.1 Å². The molecule has 1 aromatic heterocycles. The number of hydrogen-bond donors (Lipinski definition) is 1. The van der Waals surface area contributed by atoms with Crippen molar-refractivity contribution < 1.29 is 9.53 Å². The topological polar surface area (TPSA) is 54.5 Å². The maximum atomic E-state index is 12.5. The first-order chi connectivity index (χ1) is 11.6. The first-order valence-corrected chi connectivity index (χ1v) is 8.20. The second-order valence-electron chi connectivity index (χ2n) is 6.27. The summed E-state index contributed by atoms with van der Waals surface area (Å²) < 4.78 is 5.20. The molecule has 2 aromatic rings. The molecule has 24 heavy (non-hydrogen) atoms. The summed E-state index contributed by atoms with van der Waals surface area (Å²) in [4.78, 5) is 18.2. The van der Waals surface area contributed by atoms with Crippen LogP contribution in [0.3, 0.4) is 0 Å². The number of carbonyl (C=O) groups is 1. The second kappa shape index (κ2) is 6.91. The number of benzene rings is 1. The van der Waals surface area contributed by atoms with Gasteiger partial charge in [0, 0.05) is 26.0 Å². The number of likely N-dealkylation sites (N-methyl/N-ethyl adjacent to an activating group) is 1. The lowest BCUT2D eigenvalue weighted by Crippen LogP contribution is -2.43. The Morgan fingerprint density at radius 3 is 2.46 bits per heavy atom. The Kier molecular flexibility index (Phi) is 4.69. The molecule has 1 N–H and O–H groups in total. The Balaban J connectivity index is 1.57. The molecule has 1 aliphatic rings. The smallest absolute Gasteiger partial charge is 0.317 e. The molecular formula is C19H23N3O2. The summed E-state index contributed by atoms with van der Waals surface area (Å²) in [5.41, 5.74) is 2.11. The van der Waals surface area contributed by atoms with Crippen LogP contribution in [-0.2, 0) is 12.0 Å². The lowest BCUT2D eigenvalue weighted by molar-refractivity contribution is 0.203. The highest BCUT2D eigenvalue weighted by molar-refractivity contribution is 5.75. The van der Waals surface area contributed by atoms with Gasteiger partial charge in [0.25, 0.3) is 0 Å². The SMILES string of the molecule is COc1ccc(C2(NC(=O)N(C)CCc3ccncc3)CC2)cc1. The van der Waals surface area contributed by atoms with Crippen molar-refractivity contribution in [3.8, 4) is 5.75 Å². The van der Waals surface area contributed by atoms with Gasteiger partial charge in [0.1, 0.15) is 5.75 Å². The number of nitrogens with zero attached hydrogens (tertiary/aromatic N) is 2. The van der Waals surface area contributed by atoms with Gasteiger partial charge in [-0.15, -0.1) is 0 Å². The van der Waals surface area contributed by atoms with E-state index in [1.165, 1.54) is 5.56 Å². The minimum absolute atomic E-state index is 0.0302. The van der Waals surface area contributed by atoms with Crippen LogP contribution in [0.5, 0.6) is 5.75 Å². The highest BCUT2D eigenvalue weighted by Crippen LogP contribution is 2.45. The van der Waals surface area contributed by atoms with Crippen molar-refractivity contribution in [3.63, 3.8) is 0 Å². The zero-order valence-electron chi connectivity index (χ0n) is 14.2. The second-order valence-corrected chi connectivity index (χ2v) is 6.27. The Hall–Kier alpha value is -2.56. The third-order valence-corrected chi connectivity index (χ3v) is 4.57. The lowest BCUT2D eigenvalue weighted by atomic mass is 10.0. The molecule has 1 saturated carbocycles. The van der Waals surface area contributed by atoms with E-state index in [4.69, 9.17) is 4.74 Å². The molecule has 1 aromatic carbocycles. The van der Waals surface area contributed by atoms with Gasteiger partial charge in [0.2, 0.25) is 0 Å². The third-order valence-electron chi connectivity index (χ3n) is 4.57.